The third kappa shape index (κ3) is 5.73. The van der Waals surface area contributed by atoms with Gasteiger partial charge in [0.05, 0.1) is 0 Å². The Bertz CT molecular complexity index is 753. The summed E-state index contributed by atoms with van der Waals surface area (Å²) < 4.78 is 6.01. The zero-order chi connectivity index (χ0) is 20.5. The van der Waals surface area contributed by atoms with Crippen molar-refractivity contribution < 1.29 is 4.74 Å². The molecule has 1 saturated carbocycles. The van der Waals surface area contributed by atoms with Gasteiger partial charge in [-0.3, -0.25) is 0 Å². The average Bonchev–Trinajstić information content (AvgIpc) is 3.31. The molecule has 3 rings (SSSR count). The fraction of sp³-hybridized carbons (Fsp3) is 0.481. The number of nitrogens with zero attached hydrogens (tertiary/aromatic N) is 1. The topological polar surface area (TPSA) is 12.5 Å². The predicted octanol–water partition coefficient (Wildman–Crippen LogP) is 6.81. The van der Waals surface area contributed by atoms with Crippen molar-refractivity contribution in [1.82, 2.24) is 4.90 Å². The Balaban J connectivity index is 1.83. The molecular formula is C27H37NO. The molecule has 0 bridgehead atoms. The van der Waals surface area contributed by atoms with E-state index >= 15 is 0 Å². The summed E-state index contributed by atoms with van der Waals surface area (Å²) in [7, 11) is 0. The summed E-state index contributed by atoms with van der Waals surface area (Å²) in [5.74, 6) is 1.70. The Kier molecular flexibility index (Phi) is 8.37. The van der Waals surface area contributed by atoms with Gasteiger partial charge in [-0.15, -0.1) is 0 Å². The normalized spacial score (nSPS) is 15.6. The molecule has 0 N–H and O–H groups in total. The van der Waals surface area contributed by atoms with Crippen LogP contribution in [0.4, 0.5) is 0 Å². The summed E-state index contributed by atoms with van der Waals surface area (Å²) in [6.45, 7) is 10.6. The highest BCUT2D eigenvalue weighted by atomic mass is 16.5. The van der Waals surface area contributed by atoms with Gasteiger partial charge in [-0.1, -0.05) is 81.7 Å². The molecule has 156 valence electrons. The third-order valence-electron chi connectivity index (χ3n) is 6.33. The van der Waals surface area contributed by atoms with Gasteiger partial charge in [-0.2, -0.15) is 0 Å². The van der Waals surface area contributed by atoms with E-state index in [1.807, 2.05) is 0 Å². The molecule has 0 aliphatic heterocycles. The third-order valence-corrected chi connectivity index (χ3v) is 6.33. The van der Waals surface area contributed by atoms with E-state index in [-0.39, 0.29) is 0 Å². The van der Waals surface area contributed by atoms with Crippen molar-refractivity contribution in [2.24, 2.45) is 5.92 Å². The summed E-state index contributed by atoms with van der Waals surface area (Å²) in [5, 5.41) is 0. The van der Waals surface area contributed by atoms with Gasteiger partial charge in [0.25, 0.3) is 0 Å². The molecule has 2 heteroatoms. The highest BCUT2D eigenvalue weighted by Gasteiger charge is 2.22. The fourth-order valence-electron chi connectivity index (χ4n) is 4.64. The number of likely N-dealkylation sites (N-methyl/N-ethyl adjacent to an activating group) is 1. The largest absolute Gasteiger partial charge is 0.492 e. The quantitative estimate of drug-likeness (QED) is 0.441. The Labute approximate surface area is 177 Å². The molecular weight excluding hydrogens is 354 g/mol. The molecule has 1 aliphatic carbocycles. The molecule has 2 aromatic carbocycles. The van der Waals surface area contributed by atoms with Gasteiger partial charge in [0.1, 0.15) is 12.4 Å². The average molecular weight is 392 g/mol. The van der Waals surface area contributed by atoms with Gasteiger partial charge < -0.3 is 9.64 Å². The zero-order valence-electron chi connectivity index (χ0n) is 18.5. The minimum absolute atomic E-state index is 0.736. The molecule has 0 atom stereocenters. The smallest absolute Gasteiger partial charge is 0.119 e. The molecule has 0 saturated heterocycles. The molecule has 1 aliphatic rings. The molecule has 0 unspecified atom stereocenters. The molecule has 2 aromatic rings. The molecule has 0 heterocycles. The van der Waals surface area contributed by atoms with Gasteiger partial charge in [0.2, 0.25) is 0 Å². The van der Waals surface area contributed by atoms with Gasteiger partial charge in [0, 0.05) is 6.54 Å². The number of rotatable bonds is 10. The van der Waals surface area contributed by atoms with E-state index < -0.39 is 0 Å². The molecule has 0 radical (unpaired) electrons. The van der Waals surface area contributed by atoms with E-state index in [0.29, 0.717) is 0 Å². The molecule has 1 fully saturated rings. The van der Waals surface area contributed by atoms with Crippen molar-refractivity contribution in [3.8, 4) is 5.75 Å². The van der Waals surface area contributed by atoms with Crippen LogP contribution in [0.3, 0.4) is 0 Å². The van der Waals surface area contributed by atoms with Crippen molar-refractivity contribution in [2.75, 3.05) is 26.2 Å². The first-order chi connectivity index (χ1) is 14.3. The van der Waals surface area contributed by atoms with E-state index in [0.717, 1.165) is 44.3 Å². The lowest BCUT2D eigenvalue weighted by Gasteiger charge is -2.21. The lowest BCUT2D eigenvalue weighted by Crippen LogP contribution is -2.27. The number of hydrogen-bond donors (Lipinski definition) is 0. The maximum atomic E-state index is 6.01. The Morgan fingerprint density at radius 1 is 0.862 bits per heavy atom. The van der Waals surface area contributed by atoms with Crippen LogP contribution in [0.5, 0.6) is 5.75 Å². The maximum absolute atomic E-state index is 6.01. The van der Waals surface area contributed by atoms with E-state index in [4.69, 9.17) is 4.74 Å². The van der Waals surface area contributed by atoms with Crippen molar-refractivity contribution in [3.63, 3.8) is 0 Å². The first-order valence-corrected chi connectivity index (χ1v) is 11.5. The first kappa shape index (κ1) is 21.6. The monoisotopic (exact) mass is 391 g/mol. The summed E-state index contributed by atoms with van der Waals surface area (Å²) in [6.07, 6.45) is 6.54. The summed E-state index contributed by atoms with van der Waals surface area (Å²) in [4.78, 5) is 2.39. The van der Waals surface area contributed by atoms with Crippen molar-refractivity contribution in [3.05, 3.63) is 71.3 Å². The summed E-state index contributed by atoms with van der Waals surface area (Å²) >= 11 is 0. The van der Waals surface area contributed by atoms with Crippen molar-refractivity contribution in [2.45, 2.75) is 52.9 Å². The molecule has 0 aromatic heterocycles. The lowest BCUT2D eigenvalue weighted by molar-refractivity contribution is 0.223. The summed E-state index contributed by atoms with van der Waals surface area (Å²) in [6, 6.07) is 19.7. The van der Waals surface area contributed by atoms with Crippen LogP contribution in [0.25, 0.3) is 5.57 Å². The highest BCUT2D eigenvalue weighted by Crippen LogP contribution is 2.39. The zero-order valence-corrected chi connectivity index (χ0v) is 18.5. The number of allylic oxidation sites excluding steroid dienone is 1. The maximum Gasteiger partial charge on any atom is 0.119 e. The minimum Gasteiger partial charge on any atom is -0.492 e. The second kappa shape index (κ2) is 11.2. The molecule has 29 heavy (non-hydrogen) atoms. The fourth-order valence-corrected chi connectivity index (χ4v) is 4.64. The van der Waals surface area contributed by atoms with Gasteiger partial charge >= 0.3 is 0 Å². The second-order valence-electron chi connectivity index (χ2n) is 8.00. The van der Waals surface area contributed by atoms with Crippen LogP contribution in [-0.4, -0.2) is 31.1 Å². The SMILES string of the molecule is CC/C(=C(\c1ccccc1)c1ccc(OCCN(CC)CC)cc1)C1CCCC1. The van der Waals surface area contributed by atoms with Gasteiger partial charge in [0.15, 0.2) is 0 Å². The van der Waals surface area contributed by atoms with Crippen LogP contribution in [0.15, 0.2) is 60.2 Å². The second-order valence-corrected chi connectivity index (χ2v) is 8.00. The Morgan fingerprint density at radius 2 is 1.48 bits per heavy atom. The van der Waals surface area contributed by atoms with Gasteiger partial charge in [-0.05, 0) is 67.1 Å². The standard InChI is InChI=1S/C27H37NO/c1-4-26(22-12-10-11-13-22)27(23-14-8-7-9-15-23)24-16-18-25(19-17-24)29-21-20-28(5-2)6-3/h7-9,14-19,22H,4-6,10-13,20-21H2,1-3H3/b27-26-. The number of ether oxygens (including phenoxy) is 1. The van der Waals surface area contributed by atoms with Crippen LogP contribution in [0, 0.1) is 5.92 Å². The van der Waals surface area contributed by atoms with Crippen LogP contribution < -0.4 is 4.74 Å². The van der Waals surface area contributed by atoms with E-state index in [2.05, 4.69) is 80.3 Å². The van der Waals surface area contributed by atoms with E-state index in [1.165, 1.54) is 42.4 Å². The summed E-state index contributed by atoms with van der Waals surface area (Å²) in [5.41, 5.74) is 5.72. The number of hydrogen-bond acceptors (Lipinski definition) is 2. The van der Waals surface area contributed by atoms with Crippen molar-refractivity contribution >= 4 is 5.57 Å². The van der Waals surface area contributed by atoms with Crippen LogP contribution in [-0.2, 0) is 0 Å². The molecule has 0 amide bonds. The predicted molar refractivity (Wildman–Crippen MR) is 124 cm³/mol. The molecule has 0 spiro atoms. The number of benzene rings is 2. The molecule has 2 nitrogen and oxygen atoms in total. The Morgan fingerprint density at radius 3 is 2.07 bits per heavy atom. The lowest BCUT2D eigenvalue weighted by atomic mass is 9.84. The van der Waals surface area contributed by atoms with E-state index in [1.54, 1.807) is 5.57 Å². The first-order valence-electron chi connectivity index (χ1n) is 11.5. The minimum atomic E-state index is 0.736. The van der Waals surface area contributed by atoms with Crippen LogP contribution in [0.2, 0.25) is 0 Å². The Hall–Kier alpha value is -2.06. The van der Waals surface area contributed by atoms with E-state index in [9.17, 15) is 0 Å². The van der Waals surface area contributed by atoms with Gasteiger partial charge in [-0.25, -0.2) is 0 Å². The van der Waals surface area contributed by atoms with Crippen molar-refractivity contribution in [1.29, 1.82) is 0 Å². The highest BCUT2D eigenvalue weighted by molar-refractivity contribution is 5.82. The van der Waals surface area contributed by atoms with Crippen LogP contribution in [0.1, 0.15) is 64.0 Å². The van der Waals surface area contributed by atoms with Crippen LogP contribution >= 0.6 is 0 Å².